The summed E-state index contributed by atoms with van der Waals surface area (Å²) < 4.78 is 1.79. The molecule has 4 heteroatoms. The fraction of sp³-hybridized carbons (Fsp3) is 0.143. The number of hydrogen-bond donors (Lipinski definition) is 2. The zero-order valence-electron chi connectivity index (χ0n) is 6.28. The second-order valence-electron chi connectivity index (χ2n) is 2.17. The van der Waals surface area contributed by atoms with Crippen LogP contribution in [-0.4, -0.2) is 10.5 Å². The number of nitrogens with one attached hydrogen (secondary N) is 1. The molecule has 58 valence electrons. The van der Waals surface area contributed by atoms with Gasteiger partial charge in [-0.15, -0.1) is 0 Å². The van der Waals surface area contributed by atoms with Gasteiger partial charge in [-0.05, 0) is 12.1 Å². The van der Waals surface area contributed by atoms with E-state index in [-0.39, 0.29) is 5.96 Å². The van der Waals surface area contributed by atoms with Gasteiger partial charge in [0.2, 0.25) is 5.96 Å². The predicted molar refractivity (Wildman–Crippen MR) is 42.9 cm³/mol. The Balaban J connectivity index is 3.23. The molecule has 0 amide bonds. The average molecular weight is 150 g/mol. The summed E-state index contributed by atoms with van der Waals surface area (Å²) in [5, 5.41) is 6.93. The predicted octanol–water partition coefficient (Wildman–Crippen LogP) is -0.181. The van der Waals surface area contributed by atoms with Crippen molar-refractivity contribution in [3.8, 4) is 0 Å². The molecule has 1 rings (SSSR count). The van der Waals surface area contributed by atoms with Crippen LogP contribution in [0.25, 0.3) is 0 Å². The van der Waals surface area contributed by atoms with E-state index in [1.807, 2.05) is 25.4 Å². The van der Waals surface area contributed by atoms with Crippen molar-refractivity contribution in [2.24, 2.45) is 17.8 Å². The Labute approximate surface area is 64.5 Å². The van der Waals surface area contributed by atoms with Gasteiger partial charge in [0.1, 0.15) is 5.49 Å². The summed E-state index contributed by atoms with van der Waals surface area (Å²) in [4.78, 5) is 3.78. The van der Waals surface area contributed by atoms with E-state index in [9.17, 15) is 0 Å². The maximum Gasteiger partial charge on any atom is 0.214 e. The van der Waals surface area contributed by atoms with Gasteiger partial charge in [-0.1, -0.05) is 6.07 Å². The van der Waals surface area contributed by atoms with Crippen LogP contribution in [0, 0.1) is 5.41 Å². The van der Waals surface area contributed by atoms with E-state index < -0.39 is 0 Å². The molecule has 11 heavy (non-hydrogen) atoms. The van der Waals surface area contributed by atoms with Crippen LogP contribution in [0.1, 0.15) is 0 Å². The molecular formula is C7H10N4. The van der Waals surface area contributed by atoms with Crippen LogP contribution in [0.3, 0.4) is 0 Å². The first-order chi connectivity index (χ1) is 5.20. The van der Waals surface area contributed by atoms with Crippen LogP contribution < -0.4 is 11.2 Å². The highest BCUT2D eigenvalue weighted by Gasteiger charge is 1.84. The Bertz CT molecular complexity index is 323. The monoisotopic (exact) mass is 150 g/mol. The quantitative estimate of drug-likeness (QED) is 0.391. The molecule has 0 aromatic carbocycles. The third-order valence-corrected chi connectivity index (χ3v) is 1.26. The summed E-state index contributed by atoms with van der Waals surface area (Å²) in [5.41, 5.74) is 5.78. The minimum absolute atomic E-state index is 0.174. The van der Waals surface area contributed by atoms with Crippen molar-refractivity contribution in [2.45, 2.75) is 0 Å². The number of pyridine rings is 1. The molecule has 1 aromatic rings. The van der Waals surface area contributed by atoms with E-state index >= 15 is 0 Å². The lowest BCUT2D eigenvalue weighted by atomic mass is 10.5. The van der Waals surface area contributed by atoms with Crippen molar-refractivity contribution in [1.82, 2.24) is 4.57 Å². The van der Waals surface area contributed by atoms with Crippen molar-refractivity contribution < 1.29 is 0 Å². The fourth-order valence-corrected chi connectivity index (χ4v) is 0.754. The smallest absolute Gasteiger partial charge is 0.214 e. The van der Waals surface area contributed by atoms with Crippen LogP contribution >= 0.6 is 0 Å². The average Bonchev–Trinajstić information content (AvgIpc) is 1.93. The highest BCUT2D eigenvalue weighted by Crippen LogP contribution is 1.75. The Morgan fingerprint density at radius 2 is 2.36 bits per heavy atom. The van der Waals surface area contributed by atoms with Crippen molar-refractivity contribution in [1.29, 1.82) is 5.41 Å². The number of hydrogen-bond acceptors (Lipinski definition) is 1. The first-order valence-electron chi connectivity index (χ1n) is 3.20. The summed E-state index contributed by atoms with van der Waals surface area (Å²) in [6, 6.07) is 5.53. The van der Waals surface area contributed by atoms with Crippen molar-refractivity contribution >= 4 is 5.96 Å². The Morgan fingerprint density at radius 1 is 1.64 bits per heavy atom. The molecule has 0 saturated carbocycles. The summed E-state index contributed by atoms with van der Waals surface area (Å²) in [7, 11) is 1.85. The van der Waals surface area contributed by atoms with Gasteiger partial charge in [-0.25, -0.2) is 0 Å². The minimum Gasteiger partial charge on any atom is -0.368 e. The number of rotatable bonds is 0. The highest BCUT2D eigenvalue weighted by molar-refractivity contribution is 5.75. The number of nitrogens with two attached hydrogens (primary N) is 1. The Hall–Kier alpha value is -1.58. The van der Waals surface area contributed by atoms with Gasteiger partial charge in [0, 0.05) is 13.2 Å². The molecule has 0 saturated heterocycles. The van der Waals surface area contributed by atoms with Gasteiger partial charge in [0.15, 0.2) is 0 Å². The number of aryl methyl sites for hydroxylation is 1. The maximum absolute atomic E-state index is 6.93. The first-order valence-corrected chi connectivity index (χ1v) is 3.20. The second-order valence-corrected chi connectivity index (χ2v) is 2.17. The van der Waals surface area contributed by atoms with Crippen molar-refractivity contribution in [3.63, 3.8) is 0 Å². The lowest BCUT2D eigenvalue weighted by molar-refractivity contribution is 0.837. The zero-order chi connectivity index (χ0) is 8.27. The minimum atomic E-state index is -0.174. The van der Waals surface area contributed by atoms with E-state index in [0.29, 0.717) is 5.49 Å². The van der Waals surface area contributed by atoms with Gasteiger partial charge < -0.3 is 10.3 Å². The largest absolute Gasteiger partial charge is 0.368 e. The fourth-order valence-electron chi connectivity index (χ4n) is 0.754. The third kappa shape index (κ3) is 1.93. The normalized spacial score (nSPS) is 11.5. The standard InChI is InChI=1S/C7H10N4/c1-11-5-3-2-4-6(11)10-7(8)9/h2-5H,1H3,(H3,8,9). The van der Waals surface area contributed by atoms with Crippen LogP contribution in [0.15, 0.2) is 29.4 Å². The molecule has 3 N–H and O–H groups in total. The molecule has 1 heterocycles. The number of guanidine groups is 1. The molecule has 0 fully saturated rings. The molecule has 4 nitrogen and oxygen atoms in total. The first kappa shape index (κ1) is 7.53. The Morgan fingerprint density at radius 3 is 2.91 bits per heavy atom. The van der Waals surface area contributed by atoms with E-state index in [4.69, 9.17) is 11.1 Å². The molecule has 0 radical (unpaired) electrons. The molecule has 0 spiro atoms. The molecule has 0 bridgehead atoms. The lowest BCUT2D eigenvalue weighted by Gasteiger charge is -1.96. The van der Waals surface area contributed by atoms with Gasteiger partial charge in [-0.2, -0.15) is 4.99 Å². The van der Waals surface area contributed by atoms with E-state index in [1.165, 1.54) is 0 Å². The summed E-state index contributed by atoms with van der Waals surface area (Å²) in [5.74, 6) is -0.174. The topological polar surface area (TPSA) is 67.2 Å². The van der Waals surface area contributed by atoms with Crippen molar-refractivity contribution in [3.05, 3.63) is 29.9 Å². The van der Waals surface area contributed by atoms with Crippen LogP contribution in [0.2, 0.25) is 0 Å². The Kier molecular flexibility index (Phi) is 2.06. The van der Waals surface area contributed by atoms with Crippen LogP contribution in [-0.2, 0) is 7.05 Å². The molecule has 0 atom stereocenters. The number of aromatic nitrogens is 1. The van der Waals surface area contributed by atoms with Gasteiger partial charge in [-0.3, -0.25) is 5.41 Å². The zero-order valence-corrected chi connectivity index (χ0v) is 6.28. The van der Waals surface area contributed by atoms with Gasteiger partial charge in [0.05, 0.1) is 0 Å². The van der Waals surface area contributed by atoms with E-state index in [1.54, 1.807) is 10.6 Å². The van der Waals surface area contributed by atoms with Gasteiger partial charge >= 0.3 is 0 Å². The molecule has 1 aromatic heterocycles. The molecule has 0 unspecified atom stereocenters. The number of nitrogens with zero attached hydrogens (tertiary/aromatic N) is 2. The highest BCUT2D eigenvalue weighted by atomic mass is 15.0. The van der Waals surface area contributed by atoms with Gasteiger partial charge in [0.25, 0.3) is 0 Å². The maximum atomic E-state index is 6.93. The molecule has 0 aliphatic carbocycles. The molecular weight excluding hydrogens is 140 g/mol. The molecule has 0 aliphatic heterocycles. The van der Waals surface area contributed by atoms with Crippen LogP contribution in [0.5, 0.6) is 0 Å². The second kappa shape index (κ2) is 3.01. The van der Waals surface area contributed by atoms with Crippen molar-refractivity contribution in [2.75, 3.05) is 0 Å². The lowest BCUT2D eigenvalue weighted by Crippen LogP contribution is -2.20. The molecule has 0 aliphatic rings. The summed E-state index contributed by atoms with van der Waals surface area (Å²) in [6.45, 7) is 0. The van der Waals surface area contributed by atoms with Crippen LogP contribution in [0.4, 0.5) is 0 Å². The van der Waals surface area contributed by atoms with E-state index in [2.05, 4.69) is 4.99 Å². The third-order valence-electron chi connectivity index (χ3n) is 1.26. The summed E-state index contributed by atoms with van der Waals surface area (Å²) in [6.07, 6.45) is 1.85. The van der Waals surface area contributed by atoms with E-state index in [0.717, 1.165) is 0 Å². The SMILES string of the molecule is Cn1ccccc1=NC(=N)N. The summed E-state index contributed by atoms with van der Waals surface area (Å²) >= 11 is 0.